The molecule has 1 N–H and O–H groups in total. The lowest BCUT2D eigenvalue weighted by molar-refractivity contribution is -0.117. The number of likely N-dealkylation sites (tertiary alicyclic amines) is 1. The van der Waals surface area contributed by atoms with Crippen molar-refractivity contribution in [2.24, 2.45) is 0 Å². The van der Waals surface area contributed by atoms with Crippen LogP contribution >= 0.6 is 22.7 Å². The maximum Gasteiger partial charge on any atom is 0.239 e. The van der Waals surface area contributed by atoms with Gasteiger partial charge in [0.1, 0.15) is 11.1 Å². The molecule has 2 aromatic heterocycles. The summed E-state index contributed by atoms with van der Waals surface area (Å²) in [6.07, 6.45) is 6.58. The summed E-state index contributed by atoms with van der Waals surface area (Å²) in [4.78, 5) is 17.5. The van der Waals surface area contributed by atoms with Crippen LogP contribution in [0.15, 0.2) is 17.5 Å². The van der Waals surface area contributed by atoms with Gasteiger partial charge in [0.05, 0.1) is 12.1 Å². The molecule has 0 aromatic carbocycles. The van der Waals surface area contributed by atoms with Crippen LogP contribution in [0.1, 0.15) is 52.6 Å². The first-order valence-electron chi connectivity index (χ1n) is 8.88. The Bertz CT molecular complexity index is 803. The Morgan fingerprint density at radius 3 is 3.04 bits per heavy atom. The van der Waals surface area contributed by atoms with Gasteiger partial charge in [-0.3, -0.25) is 9.69 Å². The topological polar surface area (TPSA) is 56.1 Å². The molecule has 6 heteroatoms. The zero-order valence-corrected chi connectivity index (χ0v) is 15.7. The molecule has 2 aliphatic rings. The minimum Gasteiger partial charge on any atom is -0.315 e. The Balaban J connectivity index is 1.46. The van der Waals surface area contributed by atoms with Gasteiger partial charge in [-0.1, -0.05) is 6.07 Å². The van der Waals surface area contributed by atoms with E-state index in [0.29, 0.717) is 18.2 Å². The summed E-state index contributed by atoms with van der Waals surface area (Å²) in [6.45, 7) is 1.36. The van der Waals surface area contributed by atoms with Gasteiger partial charge in [-0.15, -0.1) is 22.7 Å². The smallest absolute Gasteiger partial charge is 0.239 e. The lowest BCUT2D eigenvalue weighted by Crippen LogP contribution is -2.32. The average molecular weight is 372 g/mol. The Morgan fingerprint density at radius 1 is 1.36 bits per heavy atom. The van der Waals surface area contributed by atoms with E-state index in [1.54, 1.807) is 22.7 Å². The summed E-state index contributed by atoms with van der Waals surface area (Å²) in [5.74, 6) is -0.00134. The van der Waals surface area contributed by atoms with Gasteiger partial charge in [0.15, 0.2) is 0 Å². The van der Waals surface area contributed by atoms with Crippen molar-refractivity contribution in [3.8, 4) is 6.07 Å². The molecule has 1 atom stereocenters. The number of nitriles is 1. The Kier molecular flexibility index (Phi) is 4.89. The molecule has 0 spiro atoms. The van der Waals surface area contributed by atoms with Gasteiger partial charge in [-0.05, 0) is 62.1 Å². The molecule has 1 aliphatic heterocycles. The number of hydrogen-bond acceptors (Lipinski definition) is 5. The third kappa shape index (κ3) is 3.37. The number of carbonyl (C=O) groups excluding carboxylic acids is 1. The highest BCUT2D eigenvalue weighted by Crippen LogP contribution is 2.38. The Hall–Kier alpha value is -1.68. The number of thiophene rings is 2. The number of nitrogens with one attached hydrogen (secondary N) is 1. The molecule has 130 valence electrons. The second-order valence-corrected chi connectivity index (χ2v) is 8.80. The minimum absolute atomic E-state index is 0.00134. The number of rotatable bonds is 4. The third-order valence-corrected chi connectivity index (χ3v) is 7.30. The van der Waals surface area contributed by atoms with Gasteiger partial charge < -0.3 is 5.32 Å². The third-order valence-electron chi connectivity index (χ3n) is 5.12. The zero-order valence-electron chi connectivity index (χ0n) is 14.1. The van der Waals surface area contributed by atoms with E-state index in [0.717, 1.165) is 43.6 Å². The molecule has 2 aromatic rings. The highest BCUT2D eigenvalue weighted by atomic mass is 32.1. The first-order chi connectivity index (χ1) is 12.3. The van der Waals surface area contributed by atoms with Gasteiger partial charge in [0.2, 0.25) is 5.91 Å². The van der Waals surface area contributed by atoms with Crippen LogP contribution < -0.4 is 5.32 Å². The summed E-state index contributed by atoms with van der Waals surface area (Å²) in [5, 5.41) is 15.4. The minimum atomic E-state index is -0.00134. The van der Waals surface area contributed by atoms with Crippen molar-refractivity contribution in [1.82, 2.24) is 4.90 Å². The van der Waals surface area contributed by atoms with E-state index in [2.05, 4.69) is 33.8 Å². The summed E-state index contributed by atoms with van der Waals surface area (Å²) in [6, 6.07) is 6.91. The van der Waals surface area contributed by atoms with Crippen LogP contribution in [0.2, 0.25) is 0 Å². The van der Waals surface area contributed by atoms with Gasteiger partial charge in [-0.25, -0.2) is 0 Å². The van der Waals surface area contributed by atoms with Crippen LogP contribution in [0.25, 0.3) is 0 Å². The fourth-order valence-electron chi connectivity index (χ4n) is 3.94. The molecule has 3 heterocycles. The molecular formula is C19H21N3OS2. The predicted octanol–water partition coefficient (Wildman–Crippen LogP) is 4.34. The van der Waals surface area contributed by atoms with Crippen LogP contribution in [0, 0.1) is 11.3 Å². The monoisotopic (exact) mass is 371 g/mol. The molecule has 1 saturated heterocycles. The van der Waals surface area contributed by atoms with Crippen LogP contribution in [0.5, 0.6) is 0 Å². The number of aryl methyl sites for hydroxylation is 1. The Morgan fingerprint density at radius 2 is 2.24 bits per heavy atom. The molecule has 4 nitrogen and oxygen atoms in total. The number of nitrogens with zero attached hydrogens (tertiary/aromatic N) is 2. The van der Waals surface area contributed by atoms with Crippen molar-refractivity contribution in [2.45, 2.75) is 44.6 Å². The fraction of sp³-hybridized carbons (Fsp3) is 0.474. The van der Waals surface area contributed by atoms with E-state index in [4.69, 9.17) is 0 Å². The van der Waals surface area contributed by atoms with Crippen LogP contribution in [0.3, 0.4) is 0 Å². The molecule has 1 unspecified atom stereocenters. The number of anilines is 1. The first kappa shape index (κ1) is 16.8. The second kappa shape index (κ2) is 7.28. The fourth-order valence-corrected chi connectivity index (χ4v) is 6.09. The average Bonchev–Trinajstić information content (AvgIpc) is 3.33. The normalized spacial score (nSPS) is 20.2. The van der Waals surface area contributed by atoms with E-state index >= 15 is 0 Å². The van der Waals surface area contributed by atoms with Crippen LogP contribution in [-0.2, 0) is 17.6 Å². The maximum absolute atomic E-state index is 12.6. The largest absolute Gasteiger partial charge is 0.315 e. The van der Waals surface area contributed by atoms with Gasteiger partial charge in [-0.2, -0.15) is 5.26 Å². The van der Waals surface area contributed by atoms with E-state index in [9.17, 15) is 10.1 Å². The second-order valence-electron chi connectivity index (χ2n) is 6.72. The van der Waals surface area contributed by atoms with E-state index in [1.165, 1.54) is 21.7 Å². The van der Waals surface area contributed by atoms with Crippen molar-refractivity contribution in [3.05, 3.63) is 38.4 Å². The molecule has 0 saturated carbocycles. The summed E-state index contributed by atoms with van der Waals surface area (Å²) < 4.78 is 0. The van der Waals surface area contributed by atoms with Crippen molar-refractivity contribution in [3.63, 3.8) is 0 Å². The summed E-state index contributed by atoms with van der Waals surface area (Å²) in [7, 11) is 0. The van der Waals surface area contributed by atoms with Crippen molar-refractivity contribution in [1.29, 1.82) is 5.26 Å². The predicted molar refractivity (Wildman–Crippen MR) is 102 cm³/mol. The number of hydrogen-bond donors (Lipinski definition) is 1. The van der Waals surface area contributed by atoms with Gasteiger partial charge >= 0.3 is 0 Å². The number of fused-ring (bicyclic) bond motifs is 1. The molecule has 0 radical (unpaired) electrons. The number of carbonyl (C=O) groups is 1. The number of amides is 1. The highest BCUT2D eigenvalue weighted by molar-refractivity contribution is 7.16. The lowest BCUT2D eigenvalue weighted by Gasteiger charge is -2.22. The van der Waals surface area contributed by atoms with E-state index < -0.39 is 0 Å². The van der Waals surface area contributed by atoms with Gasteiger partial charge in [0.25, 0.3) is 0 Å². The molecular weight excluding hydrogens is 350 g/mol. The highest BCUT2D eigenvalue weighted by Gasteiger charge is 2.29. The maximum atomic E-state index is 12.6. The van der Waals surface area contributed by atoms with E-state index in [1.807, 2.05) is 0 Å². The molecule has 1 amide bonds. The first-order valence-corrected chi connectivity index (χ1v) is 10.6. The van der Waals surface area contributed by atoms with Crippen molar-refractivity contribution < 1.29 is 4.79 Å². The van der Waals surface area contributed by atoms with Gasteiger partial charge in [0, 0.05) is 15.8 Å². The summed E-state index contributed by atoms with van der Waals surface area (Å²) >= 11 is 3.37. The molecule has 1 fully saturated rings. The molecule has 25 heavy (non-hydrogen) atoms. The quantitative estimate of drug-likeness (QED) is 0.870. The lowest BCUT2D eigenvalue weighted by atomic mass is 9.96. The summed E-state index contributed by atoms with van der Waals surface area (Å²) in [5.41, 5.74) is 1.87. The SMILES string of the molecule is N#Cc1c(NC(=O)CN2CCCC2c2cccs2)sc2c1CCCC2. The van der Waals surface area contributed by atoms with Crippen molar-refractivity contribution >= 4 is 33.6 Å². The van der Waals surface area contributed by atoms with E-state index in [-0.39, 0.29) is 5.91 Å². The standard InChI is InChI=1S/C19H21N3OS2/c20-11-14-13-5-1-2-7-16(13)25-19(14)21-18(23)12-22-9-3-6-15(22)17-8-4-10-24-17/h4,8,10,15H,1-3,5-7,9,12H2,(H,21,23). The molecule has 1 aliphatic carbocycles. The Labute approximate surface area is 156 Å². The van der Waals surface area contributed by atoms with Crippen molar-refractivity contribution in [2.75, 3.05) is 18.4 Å². The van der Waals surface area contributed by atoms with Crippen LogP contribution in [0.4, 0.5) is 5.00 Å². The zero-order chi connectivity index (χ0) is 17.2. The molecule has 0 bridgehead atoms. The molecule has 4 rings (SSSR count). The van der Waals surface area contributed by atoms with Crippen LogP contribution in [-0.4, -0.2) is 23.9 Å².